The molecular formula is C12H18ClN3O2S2. The lowest BCUT2D eigenvalue weighted by molar-refractivity contribution is 0.579. The van der Waals surface area contributed by atoms with Gasteiger partial charge in [0.15, 0.2) is 0 Å². The van der Waals surface area contributed by atoms with E-state index in [-0.39, 0.29) is 9.64 Å². The van der Waals surface area contributed by atoms with Crippen molar-refractivity contribution in [1.82, 2.24) is 9.71 Å². The van der Waals surface area contributed by atoms with Gasteiger partial charge in [0.2, 0.25) is 10.0 Å². The maximum Gasteiger partial charge on any atom is 0.242 e. The van der Waals surface area contributed by atoms with Gasteiger partial charge < -0.3 is 5.32 Å². The van der Waals surface area contributed by atoms with Crippen LogP contribution in [0.5, 0.6) is 0 Å². The van der Waals surface area contributed by atoms with Crippen molar-refractivity contribution in [3.8, 4) is 0 Å². The fraction of sp³-hybridized carbons (Fsp3) is 0.583. The Hall–Kier alpha value is -0.500. The summed E-state index contributed by atoms with van der Waals surface area (Å²) in [6.45, 7) is 3.04. The molecule has 0 amide bonds. The van der Waals surface area contributed by atoms with Crippen molar-refractivity contribution in [2.75, 3.05) is 24.7 Å². The first-order chi connectivity index (χ1) is 9.42. The molecule has 112 valence electrons. The van der Waals surface area contributed by atoms with Crippen molar-refractivity contribution in [3.63, 3.8) is 0 Å². The fourth-order valence-electron chi connectivity index (χ4n) is 1.77. The van der Waals surface area contributed by atoms with Crippen molar-refractivity contribution >= 4 is 39.2 Å². The topological polar surface area (TPSA) is 71.1 Å². The number of nitrogens with zero attached hydrogens (tertiary/aromatic N) is 1. The molecular weight excluding hydrogens is 318 g/mol. The number of aromatic nitrogens is 1. The Bertz CT molecular complexity index is 588. The molecule has 0 aliphatic heterocycles. The van der Waals surface area contributed by atoms with Crippen molar-refractivity contribution < 1.29 is 8.42 Å². The van der Waals surface area contributed by atoms with E-state index in [2.05, 4.69) is 15.0 Å². The van der Waals surface area contributed by atoms with Gasteiger partial charge in [0.05, 0.1) is 5.02 Å². The molecule has 1 aromatic heterocycles. The number of sulfonamides is 1. The first-order valence-corrected chi connectivity index (χ1v) is 9.45. The summed E-state index contributed by atoms with van der Waals surface area (Å²) in [5, 5.41) is 3.27. The molecule has 2 rings (SSSR count). The minimum Gasteiger partial charge on any atom is -0.369 e. The third kappa shape index (κ3) is 3.58. The van der Waals surface area contributed by atoms with Gasteiger partial charge in [-0.15, -0.1) is 0 Å². The Morgan fingerprint density at radius 3 is 2.70 bits per heavy atom. The lowest BCUT2D eigenvalue weighted by atomic mass is 10.4. The van der Waals surface area contributed by atoms with Crippen molar-refractivity contribution in [1.29, 1.82) is 0 Å². The summed E-state index contributed by atoms with van der Waals surface area (Å²) in [4.78, 5) is 4.15. The average Bonchev–Trinajstić information content (AvgIpc) is 3.20. The predicted octanol–water partition coefficient (Wildman–Crippen LogP) is 2.34. The van der Waals surface area contributed by atoms with E-state index in [1.807, 2.05) is 13.2 Å². The summed E-state index contributed by atoms with van der Waals surface area (Å²) in [6.07, 6.45) is 5.43. The zero-order valence-corrected chi connectivity index (χ0v) is 13.8. The Morgan fingerprint density at radius 1 is 1.50 bits per heavy atom. The quantitative estimate of drug-likeness (QED) is 0.800. The second kappa shape index (κ2) is 6.09. The first kappa shape index (κ1) is 15.9. The van der Waals surface area contributed by atoms with E-state index in [9.17, 15) is 8.42 Å². The van der Waals surface area contributed by atoms with Gasteiger partial charge in [0, 0.05) is 24.0 Å². The summed E-state index contributed by atoms with van der Waals surface area (Å²) >= 11 is 7.73. The van der Waals surface area contributed by atoms with E-state index < -0.39 is 10.0 Å². The van der Waals surface area contributed by atoms with Crippen molar-refractivity contribution in [2.45, 2.75) is 29.4 Å². The number of anilines is 1. The minimum absolute atomic E-state index is 0.0774. The van der Waals surface area contributed by atoms with E-state index in [0.717, 1.165) is 12.8 Å². The summed E-state index contributed by atoms with van der Waals surface area (Å²) < 4.78 is 27.1. The van der Waals surface area contributed by atoms with Gasteiger partial charge in [-0.05, 0) is 32.1 Å². The zero-order valence-electron chi connectivity index (χ0n) is 11.4. The molecule has 1 fully saturated rings. The lowest BCUT2D eigenvalue weighted by Crippen LogP contribution is -2.31. The number of pyridine rings is 1. The van der Waals surface area contributed by atoms with Gasteiger partial charge in [0.25, 0.3) is 0 Å². The van der Waals surface area contributed by atoms with E-state index in [1.54, 1.807) is 11.8 Å². The Morgan fingerprint density at radius 2 is 2.20 bits per heavy atom. The van der Waals surface area contributed by atoms with Gasteiger partial charge >= 0.3 is 0 Å². The van der Waals surface area contributed by atoms with Crippen molar-refractivity contribution in [2.24, 2.45) is 0 Å². The number of thioether (sulfide) groups is 1. The number of nitrogens with one attached hydrogen (secondary N) is 2. The monoisotopic (exact) mass is 335 g/mol. The normalized spacial score (nSPS) is 16.9. The van der Waals surface area contributed by atoms with Crippen molar-refractivity contribution in [3.05, 3.63) is 17.3 Å². The van der Waals surface area contributed by atoms with Gasteiger partial charge in [-0.1, -0.05) is 11.6 Å². The van der Waals surface area contributed by atoms with Gasteiger partial charge in [-0.25, -0.2) is 18.1 Å². The van der Waals surface area contributed by atoms with E-state index >= 15 is 0 Å². The summed E-state index contributed by atoms with van der Waals surface area (Å²) in [5.41, 5.74) is 0. The maximum absolute atomic E-state index is 12.2. The molecule has 0 unspecified atom stereocenters. The molecule has 2 N–H and O–H groups in total. The molecule has 0 saturated heterocycles. The van der Waals surface area contributed by atoms with Crippen LogP contribution in [-0.2, 0) is 10.0 Å². The largest absolute Gasteiger partial charge is 0.369 e. The highest BCUT2D eigenvalue weighted by molar-refractivity contribution is 8.00. The van der Waals surface area contributed by atoms with Crippen LogP contribution in [0.25, 0.3) is 0 Å². The standard InChI is InChI=1S/C12H18ClN3O2S2/c1-3-14-11-10(13)6-9(7-15-11)20(17,18)16-8-12(19-2)4-5-12/h6-7,16H,3-5,8H2,1-2H3,(H,14,15). The molecule has 20 heavy (non-hydrogen) atoms. The van der Waals surface area contributed by atoms with Crippen LogP contribution < -0.4 is 10.0 Å². The lowest BCUT2D eigenvalue weighted by Gasteiger charge is -2.14. The Balaban J connectivity index is 2.11. The molecule has 0 bridgehead atoms. The number of rotatable bonds is 7. The van der Waals surface area contributed by atoms with Gasteiger partial charge in [-0.3, -0.25) is 0 Å². The third-order valence-electron chi connectivity index (χ3n) is 3.30. The Kier molecular flexibility index (Phi) is 4.84. The second-order valence-electron chi connectivity index (χ2n) is 4.74. The summed E-state index contributed by atoms with van der Waals surface area (Å²) in [5.74, 6) is 0.496. The third-order valence-corrected chi connectivity index (χ3v) is 6.37. The SMILES string of the molecule is CCNc1ncc(S(=O)(=O)NCC2(SC)CC2)cc1Cl. The minimum atomic E-state index is -3.56. The molecule has 1 saturated carbocycles. The molecule has 0 radical (unpaired) electrons. The predicted molar refractivity (Wildman–Crippen MR) is 84.1 cm³/mol. The highest BCUT2D eigenvalue weighted by atomic mass is 35.5. The first-order valence-electron chi connectivity index (χ1n) is 6.37. The molecule has 8 heteroatoms. The van der Waals surface area contributed by atoms with Crippen LogP contribution in [0, 0.1) is 0 Å². The van der Waals surface area contributed by atoms with Gasteiger partial charge in [0.1, 0.15) is 10.7 Å². The number of hydrogen-bond acceptors (Lipinski definition) is 5. The molecule has 1 heterocycles. The summed E-state index contributed by atoms with van der Waals surface area (Å²) in [6, 6.07) is 1.42. The molecule has 1 aliphatic rings. The Labute approximate surface area is 128 Å². The highest BCUT2D eigenvalue weighted by Crippen LogP contribution is 2.46. The van der Waals surface area contributed by atoms with Gasteiger partial charge in [-0.2, -0.15) is 11.8 Å². The van der Waals surface area contributed by atoms with Crippen LogP contribution in [0.4, 0.5) is 5.82 Å². The van der Waals surface area contributed by atoms with Crippen LogP contribution in [0.2, 0.25) is 5.02 Å². The molecule has 1 aromatic rings. The van der Waals surface area contributed by atoms with Crippen LogP contribution in [0.1, 0.15) is 19.8 Å². The number of halogens is 1. The molecule has 1 aliphatic carbocycles. The van der Waals surface area contributed by atoms with E-state index in [1.165, 1.54) is 12.3 Å². The van der Waals surface area contributed by atoms with Crippen LogP contribution >= 0.6 is 23.4 Å². The summed E-state index contributed by atoms with van der Waals surface area (Å²) in [7, 11) is -3.56. The maximum atomic E-state index is 12.2. The van der Waals surface area contributed by atoms with Crippen LogP contribution in [0.15, 0.2) is 17.2 Å². The second-order valence-corrected chi connectivity index (χ2v) is 8.19. The van der Waals surface area contributed by atoms with Crippen LogP contribution in [0.3, 0.4) is 0 Å². The highest BCUT2D eigenvalue weighted by Gasteiger charge is 2.42. The van der Waals surface area contributed by atoms with Crippen LogP contribution in [-0.4, -0.2) is 37.5 Å². The smallest absolute Gasteiger partial charge is 0.242 e. The zero-order chi connectivity index (χ0) is 14.8. The van der Waals surface area contributed by atoms with E-state index in [0.29, 0.717) is 23.9 Å². The molecule has 0 spiro atoms. The molecule has 0 aromatic carbocycles. The molecule has 0 atom stereocenters. The molecule has 5 nitrogen and oxygen atoms in total. The van der Waals surface area contributed by atoms with E-state index in [4.69, 9.17) is 11.6 Å². The average molecular weight is 336 g/mol. The number of hydrogen-bond donors (Lipinski definition) is 2. The fourth-order valence-corrected chi connectivity index (χ4v) is 3.98.